The van der Waals surface area contributed by atoms with E-state index in [0.717, 1.165) is 21.2 Å². The number of aryl methyl sites for hydroxylation is 1. The van der Waals surface area contributed by atoms with Crippen molar-refractivity contribution in [1.29, 1.82) is 0 Å². The Labute approximate surface area is 181 Å². The zero-order chi connectivity index (χ0) is 20.8. The minimum atomic E-state index is -0.396. The summed E-state index contributed by atoms with van der Waals surface area (Å²) >= 11 is 7.77. The summed E-state index contributed by atoms with van der Waals surface area (Å²) in [5, 5.41) is 1.27. The Morgan fingerprint density at radius 1 is 0.900 bits per heavy atom. The smallest absolute Gasteiger partial charge is 0.287 e. The summed E-state index contributed by atoms with van der Waals surface area (Å²) in [6.07, 6.45) is 0. The molecule has 0 atom stereocenters. The second-order valence-electron chi connectivity index (χ2n) is 7.16. The molecule has 3 aromatic carbocycles. The van der Waals surface area contributed by atoms with Gasteiger partial charge in [0.05, 0.1) is 22.8 Å². The summed E-state index contributed by atoms with van der Waals surface area (Å²) in [4.78, 5) is 27.1. The number of halogens is 1. The highest BCUT2D eigenvalue weighted by molar-refractivity contribution is 7.25. The van der Waals surface area contributed by atoms with Crippen LogP contribution in [-0.2, 0) is 6.54 Å². The molecule has 0 saturated heterocycles. The first kappa shape index (κ1) is 18.9. The summed E-state index contributed by atoms with van der Waals surface area (Å²) in [6, 6.07) is 22.7. The monoisotopic (exact) mass is 432 g/mol. The highest BCUT2D eigenvalue weighted by Gasteiger charge is 2.20. The van der Waals surface area contributed by atoms with Crippen LogP contribution in [0.25, 0.3) is 26.0 Å². The largest absolute Gasteiger partial charge is 0.336 e. The molecule has 6 heteroatoms. The van der Waals surface area contributed by atoms with E-state index in [9.17, 15) is 9.59 Å². The van der Waals surface area contributed by atoms with Gasteiger partial charge in [0.1, 0.15) is 4.70 Å². The molecule has 0 radical (unpaired) electrons. The normalized spacial score (nSPS) is 11.4. The number of nitrogens with zero attached hydrogens (tertiary/aromatic N) is 2. The molecule has 2 aromatic heterocycles. The quantitative estimate of drug-likeness (QED) is 0.384. The molecule has 0 aliphatic carbocycles. The highest BCUT2D eigenvalue weighted by atomic mass is 35.5. The average molecular weight is 433 g/mol. The molecule has 0 N–H and O–H groups in total. The number of para-hydroxylation sites is 1. The van der Waals surface area contributed by atoms with Gasteiger partial charge in [-0.15, -0.1) is 11.3 Å². The molecule has 5 rings (SSSR count). The van der Waals surface area contributed by atoms with E-state index in [-0.39, 0.29) is 5.56 Å². The van der Waals surface area contributed by atoms with Gasteiger partial charge in [0.15, 0.2) is 0 Å². The van der Waals surface area contributed by atoms with Crippen LogP contribution in [-0.4, -0.2) is 9.13 Å². The third-order valence-electron chi connectivity index (χ3n) is 5.34. The van der Waals surface area contributed by atoms with Crippen LogP contribution in [0.1, 0.15) is 11.1 Å². The molecule has 4 nitrogen and oxygen atoms in total. The van der Waals surface area contributed by atoms with Gasteiger partial charge in [0.25, 0.3) is 5.56 Å². The van der Waals surface area contributed by atoms with Crippen molar-refractivity contribution in [3.8, 4) is 5.69 Å². The van der Waals surface area contributed by atoms with Crippen LogP contribution in [0.4, 0.5) is 0 Å². The molecule has 0 saturated carbocycles. The minimum Gasteiger partial charge on any atom is -0.287 e. The van der Waals surface area contributed by atoms with Gasteiger partial charge in [-0.3, -0.25) is 9.36 Å². The number of thiophene rings is 1. The van der Waals surface area contributed by atoms with Gasteiger partial charge in [0.2, 0.25) is 0 Å². The molecule has 148 valence electrons. The maximum atomic E-state index is 13.7. The molecular weight excluding hydrogens is 416 g/mol. The van der Waals surface area contributed by atoms with Crippen LogP contribution in [0.15, 0.2) is 82.4 Å². The number of benzene rings is 3. The lowest BCUT2D eigenvalue weighted by atomic mass is 10.1. The van der Waals surface area contributed by atoms with E-state index in [1.807, 2.05) is 55.5 Å². The summed E-state index contributed by atoms with van der Waals surface area (Å²) in [5.41, 5.74) is 2.45. The van der Waals surface area contributed by atoms with E-state index in [1.165, 1.54) is 15.9 Å². The molecule has 0 unspecified atom stereocenters. The lowest BCUT2D eigenvalue weighted by Crippen LogP contribution is -2.39. The fraction of sp³-hybridized carbons (Fsp3) is 0.0833. The fourth-order valence-electron chi connectivity index (χ4n) is 3.80. The highest BCUT2D eigenvalue weighted by Crippen LogP contribution is 2.32. The molecule has 0 aliphatic heterocycles. The van der Waals surface area contributed by atoms with E-state index < -0.39 is 5.69 Å². The van der Waals surface area contributed by atoms with E-state index in [0.29, 0.717) is 27.5 Å². The zero-order valence-electron chi connectivity index (χ0n) is 16.1. The van der Waals surface area contributed by atoms with E-state index in [2.05, 4.69) is 0 Å². The van der Waals surface area contributed by atoms with Crippen LogP contribution in [0.2, 0.25) is 5.02 Å². The molecule has 0 fully saturated rings. The minimum absolute atomic E-state index is 0.342. The van der Waals surface area contributed by atoms with Crippen molar-refractivity contribution in [2.75, 3.05) is 0 Å². The summed E-state index contributed by atoms with van der Waals surface area (Å²) < 4.78 is 4.41. The van der Waals surface area contributed by atoms with Gasteiger partial charge in [0, 0.05) is 10.1 Å². The van der Waals surface area contributed by atoms with Gasteiger partial charge >= 0.3 is 5.69 Å². The molecule has 0 bridgehead atoms. The summed E-state index contributed by atoms with van der Waals surface area (Å²) in [5.74, 6) is 0. The van der Waals surface area contributed by atoms with Gasteiger partial charge in [-0.1, -0.05) is 66.2 Å². The van der Waals surface area contributed by atoms with Crippen molar-refractivity contribution < 1.29 is 0 Å². The SMILES string of the molecule is Cc1ccccc1Cn1c(=O)n(-c2ccccc2Cl)c(=O)c2sc3ccccc3c21. The number of hydrogen-bond donors (Lipinski definition) is 0. The van der Waals surface area contributed by atoms with Crippen LogP contribution >= 0.6 is 22.9 Å². The second-order valence-corrected chi connectivity index (χ2v) is 8.62. The average Bonchev–Trinajstić information content (AvgIpc) is 3.14. The first-order chi connectivity index (χ1) is 14.6. The van der Waals surface area contributed by atoms with Crippen molar-refractivity contribution in [2.24, 2.45) is 0 Å². The maximum absolute atomic E-state index is 13.7. The molecule has 0 aliphatic rings. The third-order valence-corrected chi connectivity index (χ3v) is 6.81. The Balaban J connectivity index is 1.93. The van der Waals surface area contributed by atoms with Crippen molar-refractivity contribution in [2.45, 2.75) is 13.5 Å². The van der Waals surface area contributed by atoms with E-state index in [1.54, 1.807) is 28.8 Å². The maximum Gasteiger partial charge on any atom is 0.336 e. The van der Waals surface area contributed by atoms with Gasteiger partial charge in [-0.05, 0) is 36.2 Å². The number of rotatable bonds is 3. The molecule has 5 aromatic rings. The lowest BCUT2D eigenvalue weighted by Gasteiger charge is -2.14. The molecule has 0 amide bonds. The molecular formula is C24H17ClN2O2S. The van der Waals surface area contributed by atoms with E-state index in [4.69, 9.17) is 11.6 Å². The summed E-state index contributed by atoms with van der Waals surface area (Å²) in [7, 11) is 0. The Kier molecular flexibility index (Phi) is 4.57. The van der Waals surface area contributed by atoms with Crippen molar-refractivity contribution >= 4 is 43.2 Å². The first-order valence-corrected chi connectivity index (χ1v) is 10.7. The van der Waals surface area contributed by atoms with Crippen LogP contribution < -0.4 is 11.2 Å². The standard InChI is InChI=1S/C24H17ClN2O2S/c1-15-8-2-3-9-16(15)14-26-21-17-10-4-7-13-20(17)30-22(21)23(28)27(24(26)29)19-12-6-5-11-18(19)25/h2-13H,14H2,1H3. The number of hydrogen-bond acceptors (Lipinski definition) is 3. The van der Waals surface area contributed by atoms with Gasteiger partial charge in [-0.2, -0.15) is 0 Å². The van der Waals surface area contributed by atoms with Crippen molar-refractivity contribution in [3.63, 3.8) is 0 Å². The zero-order valence-corrected chi connectivity index (χ0v) is 17.7. The Morgan fingerprint density at radius 2 is 1.60 bits per heavy atom. The second kappa shape index (κ2) is 7.27. The van der Waals surface area contributed by atoms with Crippen LogP contribution in [0.3, 0.4) is 0 Å². The van der Waals surface area contributed by atoms with Crippen molar-refractivity contribution in [3.05, 3.63) is 110 Å². The van der Waals surface area contributed by atoms with Crippen molar-refractivity contribution in [1.82, 2.24) is 9.13 Å². The third kappa shape index (κ3) is 2.90. The summed E-state index contributed by atoms with van der Waals surface area (Å²) in [6.45, 7) is 2.39. The van der Waals surface area contributed by atoms with Gasteiger partial charge < -0.3 is 0 Å². The first-order valence-electron chi connectivity index (χ1n) is 9.53. The van der Waals surface area contributed by atoms with Crippen LogP contribution in [0, 0.1) is 6.92 Å². The fourth-order valence-corrected chi connectivity index (χ4v) is 5.16. The lowest BCUT2D eigenvalue weighted by molar-refractivity contribution is 0.715. The Bertz CT molecular complexity index is 1540. The number of aromatic nitrogens is 2. The molecule has 2 heterocycles. The van der Waals surface area contributed by atoms with Gasteiger partial charge in [-0.25, -0.2) is 9.36 Å². The van der Waals surface area contributed by atoms with E-state index >= 15 is 0 Å². The van der Waals surface area contributed by atoms with Crippen LogP contribution in [0.5, 0.6) is 0 Å². The predicted molar refractivity (Wildman–Crippen MR) is 124 cm³/mol. The Hall–Kier alpha value is -3.15. The molecule has 0 spiro atoms. The topological polar surface area (TPSA) is 44.0 Å². The molecule has 30 heavy (non-hydrogen) atoms. The predicted octanol–water partition coefficient (Wildman–Crippen LogP) is 5.38. The Morgan fingerprint density at radius 3 is 2.40 bits per heavy atom. The number of fused-ring (bicyclic) bond motifs is 3.